The maximum Gasteiger partial charge on any atom is 0.177 e. The fourth-order valence-electron chi connectivity index (χ4n) is 1.01. The van der Waals surface area contributed by atoms with E-state index in [4.69, 9.17) is 9.47 Å². The quantitative estimate of drug-likeness (QED) is 0.565. The summed E-state index contributed by atoms with van der Waals surface area (Å²) < 4.78 is 10.7. The Morgan fingerprint density at radius 2 is 1.91 bits per heavy atom. The van der Waals surface area contributed by atoms with E-state index in [0.717, 1.165) is 0 Å². The third-order valence-corrected chi connectivity index (χ3v) is 1.49. The topological polar surface area (TPSA) is 18.5 Å². The minimum absolute atomic E-state index is 0.138. The SMILES string of the molecule is CC=CC1COC(C=CC)O1. The Bertz CT molecular complexity index is 143. The van der Waals surface area contributed by atoms with Crippen LogP contribution in [-0.2, 0) is 9.47 Å². The van der Waals surface area contributed by atoms with Crippen LogP contribution < -0.4 is 0 Å². The highest BCUT2D eigenvalue weighted by Gasteiger charge is 2.20. The van der Waals surface area contributed by atoms with Crippen molar-refractivity contribution in [1.82, 2.24) is 0 Å². The first kappa shape index (κ1) is 8.50. The molecule has 1 aliphatic rings. The lowest BCUT2D eigenvalue weighted by atomic mass is 10.3. The normalized spacial score (nSPS) is 32.5. The minimum Gasteiger partial charge on any atom is -0.346 e. The maximum absolute atomic E-state index is 5.45. The molecule has 2 unspecified atom stereocenters. The van der Waals surface area contributed by atoms with Crippen LogP contribution in [0.5, 0.6) is 0 Å². The lowest BCUT2D eigenvalue weighted by Crippen LogP contribution is -2.07. The van der Waals surface area contributed by atoms with Crippen molar-refractivity contribution in [3.63, 3.8) is 0 Å². The average molecular weight is 154 g/mol. The van der Waals surface area contributed by atoms with Crippen LogP contribution >= 0.6 is 0 Å². The van der Waals surface area contributed by atoms with Crippen LogP contribution in [0, 0.1) is 0 Å². The predicted octanol–water partition coefficient (Wildman–Crippen LogP) is 1.88. The van der Waals surface area contributed by atoms with E-state index in [1.165, 1.54) is 0 Å². The molecule has 0 spiro atoms. The summed E-state index contributed by atoms with van der Waals surface area (Å²) in [4.78, 5) is 0. The Balaban J connectivity index is 2.34. The van der Waals surface area contributed by atoms with Crippen LogP contribution in [0.15, 0.2) is 24.3 Å². The van der Waals surface area contributed by atoms with Crippen molar-refractivity contribution in [3.8, 4) is 0 Å². The molecule has 2 atom stereocenters. The van der Waals surface area contributed by atoms with Gasteiger partial charge in [0, 0.05) is 0 Å². The summed E-state index contributed by atoms with van der Waals surface area (Å²) in [7, 11) is 0. The molecule has 0 bridgehead atoms. The van der Waals surface area contributed by atoms with Gasteiger partial charge in [-0.2, -0.15) is 0 Å². The molecule has 0 aliphatic carbocycles. The van der Waals surface area contributed by atoms with Gasteiger partial charge in [0.2, 0.25) is 0 Å². The third kappa shape index (κ3) is 2.48. The Labute approximate surface area is 67.5 Å². The summed E-state index contributed by atoms with van der Waals surface area (Å²) >= 11 is 0. The lowest BCUT2D eigenvalue weighted by Gasteiger charge is -2.02. The first-order valence-corrected chi connectivity index (χ1v) is 3.89. The van der Waals surface area contributed by atoms with E-state index in [-0.39, 0.29) is 12.4 Å². The number of hydrogen-bond donors (Lipinski definition) is 0. The second kappa shape index (κ2) is 4.31. The molecule has 62 valence electrons. The summed E-state index contributed by atoms with van der Waals surface area (Å²) in [5.41, 5.74) is 0. The summed E-state index contributed by atoms with van der Waals surface area (Å²) in [6.45, 7) is 4.60. The average Bonchev–Trinajstić information content (AvgIpc) is 2.38. The molecule has 0 aromatic heterocycles. The van der Waals surface area contributed by atoms with E-state index >= 15 is 0 Å². The zero-order valence-corrected chi connectivity index (χ0v) is 6.99. The molecule has 0 amide bonds. The molecule has 1 fully saturated rings. The van der Waals surface area contributed by atoms with Crippen molar-refractivity contribution in [3.05, 3.63) is 24.3 Å². The van der Waals surface area contributed by atoms with Gasteiger partial charge in [-0.3, -0.25) is 0 Å². The highest BCUT2D eigenvalue weighted by molar-refractivity contribution is 4.93. The van der Waals surface area contributed by atoms with E-state index in [2.05, 4.69) is 0 Å². The van der Waals surface area contributed by atoms with Gasteiger partial charge < -0.3 is 9.47 Å². The van der Waals surface area contributed by atoms with Crippen molar-refractivity contribution < 1.29 is 9.47 Å². The number of allylic oxidation sites excluding steroid dienone is 2. The van der Waals surface area contributed by atoms with E-state index < -0.39 is 0 Å². The van der Waals surface area contributed by atoms with Crippen LogP contribution in [0.1, 0.15) is 13.8 Å². The molecule has 1 aliphatic heterocycles. The third-order valence-electron chi connectivity index (χ3n) is 1.49. The monoisotopic (exact) mass is 154 g/mol. The second-order valence-electron chi connectivity index (χ2n) is 2.43. The van der Waals surface area contributed by atoms with Gasteiger partial charge in [0.15, 0.2) is 6.29 Å². The summed E-state index contributed by atoms with van der Waals surface area (Å²) in [6, 6.07) is 0. The number of rotatable bonds is 2. The Morgan fingerprint density at radius 3 is 2.55 bits per heavy atom. The summed E-state index contributed by atoms with van der Waals surface area (Å²) in [5, 5.41) is 0. The standard InChI is InChI=1S/C9H14O2/c1-3-5-8-7-10-9(11-8)6-4-2/h3-6,8-9H,7H2,1-2H3. The smallest absolute Gasteiger partial charge is 0.177 e. The van der Waals surface area contributed by atoms with Crippen LogP contribution in [-0.4, -0.2) is 19.0 Å². The van der Waals surface area contributed by atoms with Gasteiger partial charge in [-0.1, -0.05) is 18.2 Å². The Morgan fingerprint density at radius 1 is 1.18 bits per heavy atom. The molecule has 0 aromatic carbocycles. The Kier molecular flexibility index (Phi) is 3.33. The van der Waals surface area contributed by atoms with Crippen molar-refractivity contribution in [2.24, 2.45) is 0 Å². The molecule has 2 nitrogen and oxygen atoms in total. The van der Waals surface area contributed by atoms with Crippen molar-refractivity contribution in [2.45, 2.75) is 26.2 Å². The molecular formula is C9H14O2. The van der Waals surface area contributed by atoms with Gasteiger partial charge in [0.1, 0.15) is 6.10 Å². The summed E-state index contributed by atoms with van der Waals surface area (Å²) in [6.07, 6.45) is 7.82. The van der Waals surface area contributed by atoms with Crippen LogP contribution in [0.4, 0.5) is 0 Å². The largest absolute Gasteiger partial charge is 0.346 e. The molecule has 0 aromatic rings. The lowest BCUT2D eigenvalue weighted by molar-refractivity contribution is -0.0117. The van der Waals surface area contributed by atoms with E-state index in [1.54, 1.807) is 0 Å². The zero-order chi connectivity index (χ0) is 8.10. The van der Waals surface area contributed by atoms with E-state index in [1.807, 2.05) is 38.2 Å². The first-order chi connectivity index (χ1) is 5.36. The molecule has 0 N–H and O–H groups in total. The van der Waals surface area contributed by atoms with Crippen molar-refractivity contribution >= 4 is 0 Å². The molecule has 1 heterocycles. The molecule has 11 heavy (non-hydrogen) atoms. The van der Waals surface area contributed by atoms with Gasteiger partial charge in [0.25, 0.3) is 0 Å². The molecule has 1 saturated heterocycles. The van der Waals surface area contributed by atoms with Crippen LogP contribution in [0.25, 0.3) is 0 Å². The zero-order valence-electron chi connectivity index (χ0n) is 6.99. The maximum atomic E-state index is 5.45. The predicted molar refractivity (Wildman–Crippen MR) is 44.2 cm³/mol. The van der Waals surface area contributed by atoms with Gasteiger partial charge in [-0.15, -0.1) is 0 Å². The Hall–Kier alpha value is -0.600. The van der Waals surface area contributed by atoms with Crippen molar-refractivity contribution in [2.75, 3.05) is 6.61 Å². The fraction of sp³-hybridized carbons (Fsp3) is 0.556. The number of ether oxygens (including phenoxy) is 2. The minimum atomic E-state index is -0.138. The molecule has 1 rings (SSSR count). The first-order valence-electron chi connectivity index (χ1n) is 3.89. The number of hydrogen-bond acceptors (Lipinski definition) is 2. The van der Waals surface area contributed by atoms with Gasteiger partial charge in [-0.25, -0.2) is 0 Å². The van der Waals surface area contributed by atoms with Crippen LogP contribution in [0.3, 0.4) is 0 Å². The van der Waals surface area contributed by atoms with E-state index in [9.17, 15) is 0 Å². The molecule has 0 radical (unpaired) electrons. The highest BCUT2D eigenvalue weighted by atomic mass is 16.7. The van der Waals surface area contributed by atoms with Gasteiger partial charge in [-0.05, 0) is 19.9 Å². The molecular weight excluding hydrogens is 140 g/mol. The van der Waals surface area contributed by atoms with Crippen molar-refractivity contribution in [1.29, 1.82) is 0 Å². The molecule has 0 saturated carbocycles. The van der Waals surface area contributed by atoms with Gasteiger partial charge in [0.05, 0.1) is 6.61 Å². The highest BCUT2D eigenvalue weighted by Crippen LogP contribution is 2.13. The summed E-state index contributed by atoms with van der Waals surface area (Å²) in [5.74, 6) is 0. The van der Waals surface area contributed by atoms with E-state index in [0.29, 0.717) is 6.61 Å². The van der Waals surface area contributed by atoms with Crippen LogP contribution in [0.2, 0.25) is 0 Å². The van der Waals surface area contributed by atoms with Gasteiger partial charge >= 0.3 is 0 Å². The fourth-order valence-corrected chi connectivity index (χ4v) is 1.01. The second-order valence-corrected chi connectivity index (χ2v) is 2.43. The molecule has 2 heteroatoms.